The first-order valence-electron chi connectivity index (χ1n) is 12.3. The van der Waals surface area contributed by atoms with Crippen LogP contribution in [-0.4, -0.2) is 82.8 Å². The van der Waals surface area contributed by atoms with E-state index in [0.29, 0.717) is 32.5 Å². The summed E-state index contributed by atoms with van der Waals surface area (Å²) in [6, 6.07) is -0.848. The average molecular weight is 461 g/mol. The van der Waals surface area contributed by atoms with Gasteiger partial charge in [-0.3, -0.25) is 14.4 Å². The molecule has 2 amide bonds. The van der Waals surface area contributed by atoms with Gasteiger partial charge in [0.05, 0.1) is 18.6 Å². The molecule has 0 bridgehead atoms. The lowest BCUT2D eigenvalue weighted by molar-refractivity contribution is -0.155. The maximum absolute atomic E-state index is 13.9. The number of rotatable bonds is 6. The highest BCUT2D eigenvalue weighted by Crippen LogP contribution is 2.53. The van der Waals surface area contributed by atoms with Crippen LogP contribution < -0.4 is 0 Å². The lowest BCUT2D eigenvalue weighted by Crippen LogP contribution is -2.56. The van der Waals surface area contributed by atoms with Crippen LogP contribution in [0.5, 0.6) is 0 Å². The minimum atomic E-state index is -1.19. The zero-order valence-corrected chi connectivity index (χ0v) is 19.7. The van der Waals surface area contributed by atoms with E-state index < -0.39 is 35.6 Å². The molecule has 1 unspecified atom stereocenters. The summed E-state index contributed by atoms with van der Waals surface area (Å²) in [5.41, 5.74) is -1.19. The molecule has 33 heavy (non-hydrogen) atoms. The van der Waals surface area contributed by atoms with E-state index in [-0.39, 0.29) is 24.5 Å². The summed E-state index contributed by atoms with van der Waals surface area (Å²) in [6.45, 7) is 5.16. The molecule has 4 aliphatic heterocycles. The number of unbranched alkanes of at least 4 members (excludes halogenated alkanes) is 2. The van der Waals surface area contributed by atoms with Crippen LogP contribution in [0.1, 0.15) is 52.4 Å². The van der Waals surface area contributed by atoms with Gasteiger partial charge in [-0.05, 0) is 52.4 Å². The largest absolute Gasteiger partial charge is 0.465 e. The van der Waals surface area contributed by atoms with E-state index in [1.54, 1.807) is 9.80 Å². The molecule has 0 aliphatic carbocycles. The van der Waals surface area contributed by atoms with Crippen molar-refractivity contribution in [3.8, 4) is 0 Å². The van der Waals surface area contributed by atoms with Gasteiger partial charge in [0.15, 0.2) is 0 Å². The summed E-state index contributed by atoms with van der Waals surface area (Å²) in [6.07, 6.45) is 11.7. The summed E-state index contributed by atoms with van der Waals surface area (Å²) in [7, 11) is 0. The van der Waals surface area contributed by atoms with Crippen molar-refractivity contribution >= 4 is 17.8 Å². The number of amides is 2. The van der Waals surface area contributed by atoms with Crippen molar-refractivity contribution in [1.29, 1.82) is 0 Å². The Kier molecular flexibility index (Phi) is 7.24. The number of carbonyl (C=O) groups is 3. The Morgan fingerprint density at radius 2 is 1.94 bits per heavy atom. The smallest absolute Gasteiger partial charge is 0.312 e. The van der Waals surface area contributed by atoms with Crippen molar-refractivity contribution in [2.75, 3.05) is 26.3 Å². The van der Waals surface area contributed by atoms with Gasteiger partial charge in [0, 0.05) is 25.7 Å². The summed E-state index contributed by atoms with van der Waals surface area (Å²) < 4.78 is 12.1. The summed E-state index contributed by atoms with van der Waals surface area (Å²) in [4.78, 5) is 44.2. The maximum Gasteiger partial charge on any atom is 0.312 e. The molecule has 1 N–H and O–H groups in total. The van der Waals surface area contributed by atoms with Gasteiger partial charge in [0.25, 0.3) is 0 Å². The van der Waals surface area contributed by atoms with Crippen LogP contribution >= 0.6 is 0 Å². The number of allylic oxidation sites excluding steroid dienone is 1. The van der Waals surface area contributed by atoms with E-state index in [1.807, 2.05) is 38.2 Å². The van der Waals surface area contributed by atoms with Crippen molar-refractivity contribution in [3.05, 3.63) is 24.3 Å². The fourth-order valence-corrected chi connectivity index (χ4v) is 5.71. The maximum atomic E-state index is 13.9. The first-order valence-corrected chi connectivity index (χ1v) is 12.3. The Morgan fingerprint density at radius 1 is 1.12 bits per heavy atom. The number of aliphatic hydroxyl groups excluding tert-OH is 1. The number of hydrogen-bond acceptors (Lipinski definition) is 6. The molecule has 0 aromatic heterocycles. The van der Waals surface area contributed by atoms with E-state index in [9.17, 15) is 14.4 Å². The van der Waals surface area contributed by atoms with Crippen LogP contribution in [0.3, 0.4) is 0 Å². The predicted molar refractivity (Wildman–Crippen MR) is 121 cm³/mol. The number of fused-ring (bicyclic) bond motifs is 2. The second kappa shape index (κ2) is 9.97. The van der Waals surface area contributed by atoms with Crippen LogP contribution in [0, 0.1) is 11.8 Å². The van der Waals surface area contributed by atoms with Gasteiger partial charge < -0.3 is 24.4 Å². The third-order valence-electron chi connectivity index (χ3n) is 7.31. The van der Waals surface area contributed by atoms with E-state index in [4.69, 9.17) is 14.6 Å². The molecule has 2 saturated heterocycles. The Morgan fingerprint density at radius 3 is 2.70 bits per heavy atom. The molecular formula is C25H36N2O6. The van der Waals surface area contributed by atoms with Gasteiger partial charge in [-0.2, -0.15) is 0 Å². The number of carbonyl (C=O) groups excluding carboxylic acids is 3. The molecule has 0 saturated carbocycles. The molecule has 4 aliphatic rings. The Hall–Kier alpha value is -2.19. The van der Waals surface area contributed by atoms with Gasteiger partial charge in [-0.1, -0.05) is 24.3 Å². The minimum absolute atomic E-state index is 0.0327. The highest BCUT2D eigenvalue weighted by Gasteiger charge is 2.71. The van der Waals surface area contributed by atoms with Crippen molar-refractivity contribution in [3.63, 3.8) is 0 Å². The average Bonchev–Trinajstić information content (AvgIpc) is 3.16. The molecule has 5 atom stereocenters. The van der Waals surface area contributed by atoms with E-state index in [1.165, 1.54) is 0 Å². The topological polar surface area (TPSA) is 96.4 Å². The standard InChI is InChI=1S/C25H36N2O6/c1-17(2)26-14-10-12-25-20(19-18(33-25)11-6-3-4-9-16-32-24(19)31)22(29)27(21(25)23(26)30)13-7-5-8-15-28/h6,10-12,17-21,28H,3-5,7-9,13-16H2,1-2H3/b11-6-/t18-,19+,20-,21?,25-/m0/s1. The van der Waals surface area contributed by atoms with Crippen molar-refractivity contribution in [2.24, 2.45) is 11.8 Å². The number of aliphatic hydroxyl groups is 1. The number of esters is 1. The van der Waals surface area contributed by atoms with Gasteiger partial charge in [-0.15, -0.1) is 0 Å². The number of cyclic esters (lactones) is 1. The monoisotopic (exact) mass is 460 g/mol. The summed E-state index contributed by atoms with van der Waals surface area (Å²) in [5.74, 6) is -2.36. The molecule has 0 radical (unpaired) electrons. The molecule has 8 nitrogen and oxygen atoms in total. The van der Waals surface area contributed by atoms with Crippen LogP contribution in [0.2, 0.25) is 0 Å². The fraction of sp³-hybridized carbons (Fsp3) is 0.720. The predicted octanol–water partition coefficient (Wildman–Crippen LogP) is 1.82. The van der Waals surface area contributed by atoms with E-state index in [0.717, 1.165) is 25.7 Å². The first-order chi connectivity index (χ1) is 15.9. The molecule has 4 heterocycles. The quantitative estimate of drug-likeness (QED) is 0.369. The Labute approximate surface area is 195 Å². The normalized spacial score (nSPS) is 35.2. The Bertz CT molecular complexity index is 824. The number of likely N-dealkylation sites (tertiary alicyclic amines) is 1. The second-order valence-corrected chi connectivity index (χ2v) is 9.74. The molecular weight excluding hydrogens is 424 g/mol. The van der Waals surface area contributed by atoms with Crippen molar-refractivity contribution in [2.45, 2.75) is 76.2 Å². The summed E-state index contributed by atoms with van der Waals surface area (Å²) >= 11 is 0. The van der Waals surface area contributed by atoms with Crippen molar-refractivity contribution < 1.29 is 29.0 Å². The van der Waals surface area contributed by atoms with Crippen molar-refractivity contribution in [1.82, 2.24) is 9.80 Å². The van der Waals surface area contributed by atoms with Crippen LogP contribution in [-0.2, 0) is 23.9 Å². The zero-order chi connectivity index (χ0) is 23.6. The molecule has 0 aromatic carbocycles. The lowest BCUT2D eigenvalue weighted by Gasteiger charge is -2.36. The van der Waals surface area contributed by atoms with Gasteiger partial charge >= 0.3 is 5.97 Å². The van der Waals surface area contributed by atoms with Crippen LogP contribution in [0.15, 0.2) is 24.3 Å². The molecule has 1 spiro atoms. The third kappa shape index (κ3) is 4.23. The number of hydrogen-bond donors (Lipinski definition) is 1. The molecule has 182 valence electrons. The summed E-state index contributed by atoms with van der Waals surface area (Å²) in [5, 5.41) is 9.13. The first kappa shape index (κ1) is 24.0. The number of ether oxygens (including phenoxy) is 2. The second-order valence-electron chi connectivity index (χ2n) is 9.74. The number of nitrogens with zero attached hydrogens (tertiary/aromatic N) is 2. The fourth-order valence-electron chi connectivity index (χ4n) is 5.71. The molecule has 4 rings (SSSR count). The van der Waals surface area contributed by atoms with E-state index >= 15 is 0 Å². The molecule has 8 heteroatoms. The minimum Gasteiger partial charge on any atom is -0.465 e. The van der Waals surface area contributed by atoms with Gasteiger partial charge in [0.1, 0.15) is 17.6 Å². The van der Waals surface area contributed by atoms with Crippen LogP contribution in [0.4, 0.5) is 0 Å². The van der Waals surface area contributed by atoms with Gasteiger partial charge in [-0.25, -0.2) is 0 Å². The SMILES string of the molecule is CC(C)N1CC=C[C@]23O[C@H]4/C=C\CCCCOC(=O)[C@H]4[C@H]2C(=O)N(CCCCCO)C3C1=O. The Balaban J connectivity index is 1.75. The third-order valence-corrected chi connectivity index (χ3v) is 7.31. The zero-order valence-electron chi connectivity index (χ0n) is 19.7. The highest BCUT2D eigenvalue weighted by molar-refractivity contribution is 5.99. The lowest BCUT2D eigenvalue weighted by atomic mass is 9.78. The highest BCUT2D eigenvalue weighted by atomic mass is 16.6. The van der Waals surface area contributed by atoms with Gasteiger partial charge in [0.2, 0.25) is 11.8 Å². The van der Waals surface area contributed by atoms with Crippen LogP contribution in [0.25, 0.3) is 0 Å². The molecule has 2 fully saturated rings. The van der Waals surface area contributed by atoms with E-state index in [2.05, 4.69) is 0 Å². The molecule has 0 aromatic rings.